The normalized spacial score (nSPS) is 11.9. The van der Waals surface area contributed by atoms with Gasteiger partial charge in [0.25, 0.3) is 0 Å². The second-order valence-electron chi connectivity index (χ2n) is 4.92. The van der Waals surface area contributed by atoms with Crippen LogP contribution in [0.3, 0.4) is 0 Å². The molecule has 0 amide bonds. The van der Waals surface area contributed by atoms with E-state index < -0.39 is 10.0 Å². The van der Waals surface area contributed by atoms with Crippen molar-refractivity contribution in [2.24, 2.45) is 4.99 Å². The van der Waals surface area contributed by atoms with Gasteiger partial charge in [0.1, 0.15) is 4.21 Å². The third-order valence-corrected chi connectivity index (χ3v) is 7.04. The molecular formula is C14H22IN5O2S3. The molecule has 2 rings (SSSR count). The van der Waals surface area contributed by atoms with Crippen molar-refractivity contribution in [3.8, 4) is 0 Å². The summed E-state index contributed by atoms with van der Waals surface area (Å²) in [7, 11) is -1.74. The van der Waals surface area contributed by atoms with Crippen LogP contribution in [0.15, 0.2) is 26.7 Å². The molecule has 7 nitrogen and oxygen atoms in total. The van der Waals surface area contributed by atoms with Gasteiger partial charge in [-0.1, -0.05) is 6.07 Å². The molecule has 11 heteroatoms. The molecule has 0 aliphatic heterocycles. The number of aliphatic imine (C=N–C) groups is 1. The van der Waals surface area contributed by atoms with E-state index in [1.54, 1.807) is 35.9 Å². The average Bonchev–Trinajstić information content (AvgIpc) is 3.17. The maximum Gasteiger partial charge on any atom is 0.250 e. The van der Waals surface area contributed by atoms with Crippen molar-refractivity contribution < 1.29 is 8.42 Å². The Morgan fingerprint density at radius 3 is 2.60 bits per heavy atom. The summed E-state index contributed by atoms with van der Waals surface area (Å²) in [5, 5.41) is 9.06. The Bertz CT molecular complexity index is 788. The van der Waals surface area contributed by atoms with Crippen LogP contribution in [0.4, 0.5) is 0 Å². The molecule has 0 fully saturated rings. The fraction of sp³-hybridized carbons (Fsp3) is 0.429. The van der Waals surface area contributed by atoms with Gasteiger partial charge in [0, 0.05) is 25.0 Å². The van der Waals surface area contributed by atoms with Gasteiger partial charge in [-0.15, -0.1) is 46.7 Å². The molecule has 0 spiro atoms. The molecule has 25 heavy (non-hydrogen) atoms. The highest BCUT2D eigenvalue weighted by Crippen LogP contribution is 2.16. The van der Waals surface area contributed by atoms with Gasteiger partial charge in [-0.3, -0.25) is 4.99 Å². The largest absolute Gasteiger partial charge is 0.355 e. The summed E-state index contributed by atoms with van der Waals surface area (Å²) in [6.07, 6.45) is 0. The number of halogens is 1. The summed E-state index contributed by atoms with van der Waals surface area (Å²) < 4.78 is 26.8. The minimum atomic E-state index is -3.42. The Balaban J connectivity index is 0.00000312. The third kappa shape index (κ3) is 6.81. The number of nitrogens with zero attached hydrogens (tertiary/aromatic N) is 2. The molecule has 3 N–H and O–H groups in total. The lowest BCUT2D eigenvalue weighted by molar-refractivity contribution is 0.582. The highest BCUT2D eigenvalue weighted by molar-refractivity contribution is 14.0. The van der Waals surface area contributed by atoms with E-state index in [1.807, 2.05) is 13.8 Å². The van der Waals surface area contributed by atoms with Crippen LogP contribution in [0, 0.1) is 13.8 Å². The van der Waals surface area contributed by atoms with Crippen LogP contribution in [0.1, 0.15) is 15.6 Å². The molecular weight excluding hydrogens is 493 g/mol. The van der Waals surface area contributed by atoms with Crippen LogP contribution in [-0.4, -0.2) is 39.5 Å². The van der Waals surface area contributed by atoms with Crippen LogP contribution < -0.4 is 15.4 Å². The summed E-state index contributed by atoms with van der Waals surface area (Å²) >= 11 is 2.85. The fourth-order valence-corrected chi connectivity index (χ4v) is 4.92. The van der Waals surface area contributed by atoms with Gasteiger partial charge in [0.15, 0.2) is 5.96 Å². The van der Waals surface area contributed by atoms with Gasteiger partial charge in [-0.25, -0.2) is 18.1 Å². The number of rotatable bonds is 7. The molecule has 0 unspecified atom stereocenters. The third-order valence-electron chi connectivity index (χ3n) is 3.11. The zero-order valence-electron chi connectivity index (χ0n) is 14.2. The number of aromatic nitrogens is 1. The van der Waals surface area contributed by atoms with E-state index in [0.29, 0.717) is 23.3 Å². The predicted molar refractivity (Wildman–Crippen MR) is 115 cm³/mol. The summed E-state index contributed by atoms with van der Waals surface area (Å²) in [5.74, 6) is 0.621. The molecule has 0 radical (unpaired) electrons. The number of guanidine groups is 1. The van der Waals surface area contributed by atoms with E-state index in [-0.39, 0.29) is 30.5 Å². The number of hydrogen-bond acceptors (Lipinski definition) is 6. The molecule has 140 valence electrons. The molecule has 0 saturated carbocycles. The highest BCUT2D eigenvalue weighted by atomic mass is 127. The number of nitrogens with one attached hydrogen (secondary N) is 3. The van der Waals surface area contributed by atoms with E-state index in [0.717, 1.165) is 15.6 Å². The summed E-state index contributed by atoms with van der Waals surface area (Å²) in [6.45, 7) is 5.31. The van der Waals surface area contributed by atoms with E-state index in [1.165, 1.54) is 11.3 Å². The fourth-order valence-electron chi connectivity index (χ4n) is 1.98. The molecule has 0 saturated heterocycles. The van der Waals surface area contributed by atoms with Crippen LogP contribution >= 0.6 is 46.7 Å². The van der Waals surface area contributed by atoms with Crippen molar-refractivity contribution in [1.29, 1.82) is 0 Å². The second kappa shape index (κ2) is 10.4. The minimum absolute atomic E-state index is 0. The van der Waals surface area contributed by atoms with Crippen molar-refractivity contribution in [2.45, 2.75) is 24.6 Å². The van der Waals surface area contributed by atoms with Crippen molar-refractivity contribution in [3.63, 3.8) is 0 Å². The summed E-state index contributed by atoms with van der Waals surface area (Å²) in [4.78, 5) is 9.67. The first-order chi connectivity index (χ1) is 11.4. The number of thiophene rings is 1. The number of thiazole rings is 1. The van der Waals surface area contributed by atoms with Crippen molar-refractivity contribution in [2.75, 3.05) is 20.1 Å². The minimum Gasteiger partial charge on any atom is -0.355 e. The first kappa shape index (κ1) is 22.3. The number of hydrogen-bond donors (Lipinski definition) is 3. The first-order valence-electron chi connectivity index (χ1n) is 7.33. The van der Waals surface area contributed by atoms with Gasteiger partial charge in [-0.05, 0) is 25.3 Å². The van der Waals surface area contributed by atoms with Gasteiger partial charge >= 0.3 is 0 Å². The van der Waals surface area contributed by atoms with E-state index >= 15 is 0 Å². The number of aryl methyl sites for hydroxylation is 2. The van der Waals surface area contributed by atoms with Crippen molar-refractivity contribution >= 4 is 62.6 Å². The molecule has 2 aromatic heterocycles. The summed E-state index contributed by atoms with van der Waals surface area (Å²) in [6, 6.07) is 3.30. The lowest BCUT2D eigenvalue weighted by atomic mass is 10.4. The molecule has 0 aromatic carbocycles. The second-order valence-corrected chi connectivity index (χ2v) is 9.15. The molecule has 2 aromatic rings. The smallest absolute Gasteiger partial charge is 0.250 e. The average molecular weight is 515 g/mol. The standard InChI is InChI=1S/C14H21N5O2S3.HI/c1-10-12(23-11(2)19-10)9-17-14(15-3)16-6-7-18-24(20,21)13-5-4-8-22-13;/h4-5,8,18H,6-7,9H2,1-3H3,(H2,15,16,17);1H. The van der Waals surface area contributed by atoms with Gasteiger partial charge in [0.2, 0.25) is 10.0 Å². The molecule has 0 aliphatic carbocycles. The van der Waals surface area contributed by atoms with Crippen LogP contribution in [0.25, 0.3) is 0 Å². The molecule has 2 heterocycles. The van der Waals surface area contributed by atoms with E-state index in [4.69, 9.17) is 0 Å². The molecule has 0 bridgehead atoms. The van der Waals surface area contributed by atoms with Gasteiger partial charge in [-0.2, -0.15) is 0 Å². The predicted octanol–water partition coefficient (Wildman–Crippen LogP) is 2.08. The lowest BCUT2D eigenvalue weighted by Gasteiger charge is -2.11. The summed E-state index contributed by atoms with van der Waals surface area (Å²) in [5.41, 5.74) is 1.02. The monoisotopic (exact) mass is 515 g/mol. The zero-order valence-corrected chi connectivity index (χ0v) is 19.0. The Morgan fingerprint density at radius 1 is 1.28 bits per heavy atom. The van der Waals surface area contributed by atoms with Gasteiger partial charge in [0.05, 0.1) is 17.2 Å². The van der Waals surface area contributed by atoms with Crippen LogP contribution in [0.5, 0.6) is 0 Å². The highest BCUT2D eigenvalue weighted by Gasteiger charge is 2.13. The Hall–Kier alpha value is -0.760. The lowest BCUT2D eigenvalue weighted by Crippen LogP contribution is -2.41. The van der Waals surface area contributed by atoms with E-state index in [9.17, 15) is 8.42 Å². The zero-order chi connectivity index (χ0) is 17.6. The maximum atomic E-state index is 12.0. The van der Waals surface area contributed by atoms with Crippen LogP contribution in [-0.2, 0) is 16.6 Å². The Morgan fingerprint density at radius 2 is 2.04 bits per heavy atom. The number of sulfonamides is 1. The van der Waals surface area contributed by atoms with E-state index in [2.05, 4.69) is 25.3 Å². The Labute approximate surface area is 173 Å². The molecule has 0 aliphatic rings. The first-order valence-corrected chi connectivity index (χ1v) is 10.5. The van der Waals surface area contributed by atoms with Gasteiger partial charge < -0.3 is 10.6 Å². The Kier molecular flexibility index (Phi) is 9.27. The van der Waals surface area contributed by atoms with Crippen molar-refractivity contribution in [3.05, 3.63) is 33.1 Å². The topological polar surface area (TPSA) is 95.5 Å². The van der Waals surface area contributed by atoms with Crippen molar-refractivity contribution in [1.82, 2.24) is 20.3 Å². The van der Waals surface area contributed by atoms with Crippen LogP contribution in [0.2, 0.25) is 0 Å². The SMILES string of the molecule is CN=C(NCCNS(=O)(=O)c1cccs1)NCc1sc(C)nc1C.I. The molecule has 0 atom stereocenters. The maximum absolute atomic E-state index is 12.0. The quantitative estimate of drug-likeness (QED) is 0.227.